The zero-order valence-electron chi connectivity index (χ0n) is 15.3. The van der Waals surface area contributed by atoms with Gasteiger partial charge in [0.05, 0.1) is 13.2 Å². The molecule has 3 N–H and O–H groups in total. The van der Waals surface area contributed by atoms with Gasteiger partial charge in [-0.15, -0.1) is 0 Å². The average molecular weight is 343 g/mol. The topological polar surface area (TPSA) is 64.7 Å². The fraction of sp³-hybridized carbons (Fsp3) is 0.526. The Morgan fingerprint density at radius 1 is 1.24 bits per heavy atom. The molecule has 0 aliphatic carbocycles. The highest BCUT2D eigenvalue weighted by Crippen LogP contribution is 2.21. The van der Waals surface area contributed by atoms with Crippen LogP contribution in [-0.2, 0) is 11.2 Å². The summed E-state index contributed by atoms with van der Waals surface area (Å²) in [7, 11) is 1.82. The fourth-order valence-electron chi connectivity index (χ4n) is 3.26. The quantitative estimate of drug-likeness (QED) is 0.550. The molecular formula is C19H29N5O. The Bertz CT molecular complexity index is 703. The van der Waals surface area contributed by atoms with E-state index in [4.69, 9.17) is 4.74 Å². The summed E-state index contributed by atoms with van der Waals surface area (Å²) in [6, 6.07) is 6.44. The van der Waals surface area contributed by atoms with Crippen molar-refractivity contribution in [3.63, 3.8) is 0 Å². The minimum Gasteiger partial charge on any atom is -0.379 e. The van der Waals surface area contributed by atoms with Crippen LogP contribution in [0.1, 0.15) is 11.1 Å². The number of morpholine rings is 1. The van der Waals surface area contributed by atoms with E-state index in [-0.39, 0.29) is 0 Å². The van der Waals surface area contributed by atoms with Crippen molar-refractivity contribution in [1.82, 2.24) is 20.5 Å². The van der Waals surface area contributed by atoms with Crippen LogP contribution in [0.2, 0.25) is 0 Å². The largest absolute Gasteiger partial charge is 0.379 e. The third-order valence-corrected chi connectivity index (χ3v) is 4.74. The second-order valence-corrected chi connectivity index (χ2v) is 6.44. The molecule has 2 aromatic rings. The van der Waals surface area contributed by atoms with E-state index in [1.807, 2.05) is 7.05 Å². The van der Waals surface area contributed by atoms with Crippen molar-refractivity contribution >= 4 is 16.9 Å². The van der Waals surface area contributed by atoms with Gasteiger partial charge in [-0.1, -0.05) is 18.2 Å². The minimum absolute atomic E-state index is 0.844. The maximum Gasteiger partial charge on any atom is 0.191 e. The second-order valence-electron chi connectivity index (χ2n) is 6.44. The molecule has 2 heterocycles. The molecule has 3 rings (SSSR count). The lowest BCUT2D eigenvalue weighted by Crippen LogP contribution is -2.44. The number of aromatic nitrogens is 1. The molecule has 1 saturated heterocycles. The van der Waals surface area contributed by atoms with Crippen LogP contribution in [0.5, 0.6) is 0 Å². The van der Waals surface area contributed by atoms with Gasteiger partial charge in [-0.25, -0.2) is 0 Å². The van der Waals surface area contributed by atoms with Gasteiger partial charge in [0.25, 0.3) is 0 Å². The minimum atomic E-state index is 0.844. The zero-order valence-corrected chi connectivity index (χ0v) is 15.3. The van der Waals surface area contributed by atoms with Crippen LogP contribution in [0.3, 0.4) is 0 Å². The number of para-hydroxylation sites is 1. The maximum absolute atomic E-state index is 5.37. The summed E-state index contributed by atoms with van der Waals surface area (Å²) in [5, 5.41) is 8.11. The number of fused-ring (bicyclic) bond motifs is 1. The lowest BCUT2D eigenvalue weighted by Gasteiger charge is -2.26. The van der Waals surface area contributed by atoms with Crippen molar-refractivity contribution in [2.45, 2.75) is 13.3 Å². The smallest absolute Gasteiger partial charge is 0.191 e. The van der Waals surface area contributed by atoms with Crippen LogP contribution < -0.4 is 10.6 Å². The molecule has 1 aromatic heterocycles. The summed E-state index contributed by atoms with van der Waals surface area (Å²) in [6.07, 6.45) is 3.08. The Morgan fingerprint density at radius 2 is 2.04 bits per heavy atom. The summed E-state index contributed by atoms with van der Waals surface area (Å²) in [5.74, 6) is 0.865. The number of rotatable bonds is 6. The van der Waals surface area contributed by atoms with Crippen LogP contribution in [0, 0.1) is 6.92 Å². The number of nitrogens with one attached hydrogen (secondary N) is 3. The number of benzene rings is 1. The molecular weight excluding hydrogens is 314 g/mol. The number of H-pyrrole nitrogens is 1. The highest BCUT2D eigenvalue weighted by Gasteiger charge is 2.10. The van der Waals surface area contributed by atoms with Gasteiger partial charge in [0.15, 0.2) is 5.96 Å². The second kappa shape index (κ2) is 8.87. The molecule has 136 valence electrons. The highest BCUT2D eigenvalue weighted by molar-refractivity contribution is 5.86. The van der Waals surface area contributed by atoms with E-state index in [1.165, 1.54) is 22.0 Å². The standard InChI is InChI=1S/C19H29N5O/c1-15-4-3-5-17-16(14-23-18(15)17)6-7-21-19(20-2)22-8-9-24-10-12-25-13-11-24/h3-5,14,23H,6-13H2,1-2H3,(H2,20,21,22). The van der Waals surface area contributed by atoms with E-state index in [9.17, 15) is 0 Å². The molecule has 0 bridgehead atoms. The Kier molecular flexibility index (Phi) is 6.30. The van der Waals surface area contributed by atoms with Gasteiger partial charge < -0.3 is 20.4 Å². The number of aliphatic imine (C=N–C) groups is 1. The molecule has 0 atom stereocenters. The zero-order chi connectivity index (χ0) is 17.5. The number of hydrogen-bond donors (Lipinski definition) is 3. The number of ether oxygens (including phenoxy) is 1. The van der Waals surface area contributed by atoms with E-state index in [2.05, 4.69) is 56.8 Å². The summed E-state index contributed by atoms with van der Waals surface area (Å²) in [4.78, 5) is 10.1. The molecule has 1 aliphatic rings. The number of nitrogens with zero attached hydrogens (tertiary/aromatic N) is 2. The molecule has 6 nitrogen and oxygen atoms in total. The van der Waals surface area contributed by atoms with Gasteiger partial charge >= 0.3 is 0 Å². The van der Waals surface area contributed by atoms with Crippen molar-refractivity contribution in [2.24, 2.45) is 4.99 Å². The van der Waals surface area contributed by atoms with Gasteiger partial charge in [-0.05, 0) is 24.5 Å². The Labute approximate surface area is 149 Å². The van der Waals surface area contributed by atoms with E-state index in [1.54, 1.807) is 0 Å². The Balaban J connectivity index is 1.42. The fourth-order valence-corrected chi connectivity index (χ4v) is 3.26. The normalized spacial score (nSPS) is 16.3. The number of aromatic amines is 1. The molecule has 1 aliphatic heterocycles. The lowest BCUT2D eigenvalue weighted by molar-refractivity contribution is 0.0389. The predicted octanol–water partition coefficient (Wildman–Crippen LogP) is 1.52. The molecule has 0 saturated carbocycles. The molecule has 25 heavy (non-hydrogen) atoms. The van der Waals surface area contributed by atoms with Crippen LogP contribution in [0.4, 0.5) is 0 Å². The number of aryl methyl sites for hydroxylation is 1. The lowest BCUT2D eigenvalue weighted by atomic mass is 10.1. The summed E-state index contributed by atoms with van der Waals surface area (Å²) in [6.45, 7) is 8.65. The van der Waals surface area contributed by atoms with Crippen molar-refractivity contribution in [3.05, 3.63) is 35.5 Å². The number of guanidine groups is 1. The average Bonchev–Trinajstić information content (AvgIpc) is 3.06. The molecule has 0 spiro atoms. The van der Waals surface area contributed by atoms with Crippen LogP contribution in [0.25, 0.3) is 10.9 Å². The van der Waals surface area contributed by atoms with Crippen LogP contribution in [0.15, 0.2) is 29.4 Å². The first-order valence-corrected chi connectivity index (χ1v) is 9.08. The van der Waals surface area contributed by atoms with Crippen molar-refractivity contribution in [2.75, 3.05) is 53.0 Å². The van der Waals surface area contributed by atoms with E-state index in [0.717, 1.165) is 58.3 Å². The van der Waals surface area contributed by atoms with Crippen LogP contribution >= 0.6 is 0 Å². The molecule has 1 aromatic carbocycles. The Morgan fingerprint density at radius 3 is 2.84 bits per heavy atom. The first kappa shape index (κ1) is 17.8. The van der Waals surface area contributed by atoms with E-state index < -0.39 is 0 Å². The first-order valence-electron chi connectivity index (χ1n) is 9.08. The van der Waals surface area contributed by atoms with Crippen molar-refractivity contribution in [3.8, 4) is 0 Å². The highest BCUT2D eigenvalue weighted by atomic mass is 16.5. The molecule has 0 amide bonds. The van der Waals surface area contributed by atoms with E-state index >= 15 is 0 Å². The third kappa shape index (κ3) is 4.74. The van der Waals surface area contributed by atoms with Crippen molar-refractivity contribution in [1.29, 1.82) is 0 Å². The Hall–Kier alpha value is -2.05. The maximum atomic E-state index is 5.37. The van der Waals surface area contributed by atoms with Gasteiger partial charge in [-0.3, -0.25) is 9.89 Å². The summed E-state index contributed by atoms with van der Waals surface area (Å²) >= 11 is 0. The molecule has 1 fully saturated rings. The van der Waals surface area contributed by atoms with Crippen molar-refractivity contribution < 1.29 is 4.74 Å². The summed E-state index contributed by atoms with van der Waals surface area (Å²) < 4.78 is 5.37. The molecule has 0 unspecified atom stereocenters. The van der Waals surface area contributed by atoms with E-state index in [0.29, 0.717) is 0 Å². The predicted molar refractivity (Wildman–Crippen MR) is 103 cm³/mol. The monoisotopic (exact) mass is 343 g/mol. The van der Waals surface area contributed by atoms with Crippen LogP contribution in [-0.4, -0.2) is 68.8 Å². The first-order chi connectivity index (χ1) is 12.3. The molecule has 6 heteroatoms. The molecule has 0 radical (unpaired) electrons. The summed E-state index contributed by atoms with van der Waals surface area (Å²) in [5.41, 5.74) is 3.87. The SMILES string of the molecule is CN=C(NCCc1c[nH]c2c(C)cccc12)NCCN1CCOCC1. The van der Waals surface area contributed by atoms with Gasteiger partial charge in [0.1, 0.15) is 0 Å². The third-order valence-electron chi connectivity index (χ3n) is 4.74. The number of hydrogen-bond acceptors (Lipinski definition) is 3. The van der Waals surface area contributed by atoms with Gasteiger partial charge in [-0.2, -0.15) is 0 Å². The van der Waals surface area contributed by atoms with Gasteiger partial charge in [0, 0.05) is 56.9 Å². The van der Waals surface area contributed by atoms with Gasteiger partial charge in [0.2, 0.25) is 0 Å².